The van der Waals surface area contributed by atoms with E-state index >= 15 is 0 Å². The Morgan fingerprint density at radius 1 is 1.00 bits per heavy atom. The van der Waals surface area contributed by atoms with Gasteiger partial charge < -0.3 is 9.47 Å². The number of thiophene rings is 1. The van der Waals surface area contributed by atoms with Gasteiger partial charge in [0.2, 0.25) is 0 Å². The number of nitrogens with zero attached hydrogens (tertiary/aromatic N) is 5. The highest BCUT2D eigenvalue weighted by atomic mass is 32.1. The van der Waals surface area contributed by atoms with Crippen LogP contribution in [0.2, 0.25) is 0 Å². The molecule has 0 aliphatic carbocycles. The van der Waals surface area contributed by atoms with Crippen LogP contribution in [0.3, 0.4) is 0 Å². The Morgan fingerprint density at radius 3 is 2.38 bits per heavy atom. The van der Waals surface area contributed by atoms with E-state index in [1.54, 1.807) is 7.11 Å². The first-order valence-electron chi connectivity index (χ1n) is 14.0. The van der Waals surface area contributed by atoms with Crippen molar-refractivity contribution in [1.29, 1.82) is 0 Å². The van der Waals surface area contributed by atoms with Crippen LogP contribution in [-0.4, -0.2) is 70.8 Å². The predicted octanol–water partition coefficient (Wildman–Crippen LogP) is 3.83. The minimum Gasteiger partial charge on any atom is -0.383 e. The van der Waals surface area contributed by atoms with Gasteiger partial charge in [0.15, 0.2) is 11.6 Å². The topological polar surface area (TPSA) is 109 Å². The Morgan fingerprint density at radius 2 is 1.73 bits per heavy atom. The van der Waals surface area contributed by atoms with Gasteiger partial charge in [-0.25, -0.2) is 23.1 Å². The molecule has 0 amide bonds. The number of halogens is 2. The highest BCUT2D eigenvalue weighted by Gasteiger charge is 2.26. The van der Waals surface area contributed by atoms with E-state index in [1.165, 1.54) is 47.7 Å². The summed E-state index contributed by atoms with van der Waals surface area (Å²) in [6.45, 7) is 0.836. The first kappa shape index (κ1) is 32.0. The molecule has 5 aromatic rings. The summed E-state index contributed by atoms with van der Waals surface area (Å²) in [4.78, 5) is 51.5. The van der Waals surface area contributed by atoms with Gasteiger partial charge in [0.1, 0.15) is 23.1 Å². The standard InChI is InChI=1S/C32H31F2N5O5S/c1-37(13-14-43-2)17-24-28-30(41)39(27-16-35-11-12-36-27)32(42)38(18-23-25(33)5-4-6-26(23)34)31(28)45-29(24)21-9-7-20(8-10-21)15-22(40)19-44-3/h4-12,16H,13-15,17-19H2,1-3H3. The van der Waals surface area contributed by atoms with Gasteiger partial charge in [-0.1, -0.05) is 30.3 Å². The molecule has 0 spiro atoms. The van der Waals surface area contributed by atoms with Crippen LogP contribution in [0, 0.1) is 11.6 Å². The molecule has 0 aliphatic rings. The van der Waals surface area contributed by atoms with Gasteiger partial charge >= 0.3 is 5.69 Å². The lowest BCUT2D eigenvalue weighted by molar-refractivity contribution is -0.121. The second-order valence-corrected chi connectivity index (χ2v) is 11.4. The summed E-state index contributed by atoms with van der Waals surface area (Å²) in [5.41, 5.74) is 0.412. The molecular formula is C32H31F2N5O5S. The lowest BCUT2D eigenvalue weighted by Crippen LogP contribution is -2.39. The van der Waals surface area contributed by atoms with E-state index in [4.69, 9.17) is 9.47 Å². The molecule has 0 fully saturated rings. The van der Waals surface area contributed by atoms with Gasteiger partial charge in [0, 0.05) is 56.6 Å². The minimum absolute atomic E-state index is 0.00816. The molecule has 0 bridgehead atoms. The quantitative estimate of drug-likeness (QED) is 0.192. The molecule has 0 unspecified atom stereocenters. The molecule has 0 N–H and O–H groups in total. The zero-order chi connectivity index (χ0) is 32.1. The number of likely N-dealkylation sites (N-methyl/N-ethyl adjacent to an activating group) is 1. The number of carbonyl (C=O) groups excluding carboxylic acids is 1. The molecule has 3 heterocycles. The van der Waals surface area contributed by atoms with E-state index in [9.17, 15) is 23.2 Å². The van der Waals surface area contributed by atoms with Crippen LogP contribution in [0.5, 0.6) is 0 Å². The van der Waals surface area contributed by atoms with Crippen molar-refractivity contribution in [2.75, 3.05) is 41.0 Å². The first-order chi connectivity index (χ1) is 21.7. The normalized spacial score (nSPS) is 11.5. The van der Waals surface area contributed by atoms with Crippen molar-refractivity contribution in [1.82, 2.24) is 24.0 Å². The molecule has 10 nitrogen and oxygen atoms in total. The lowest BCUT2D eigenvalue weighted by Gasteiger charge is -2.17. The molecule has 13 heteroatoms. The van der Waals surface area contributed by atoms with Crippen molar-refractivity contribution in [3.63, 3.8) is 0 Å². The maximum absolute atomic E-state index is 14.9. The number of hydrogen-bond acceptors (Lipinski definition) is 9. The van der Waals surface area contributed by atoms with Crippen molar-refractivity contribution in [2.45, 2.75) is 19.5 Å². The van der Waals surface area contributed by atoms with E-state index in [-0.39, 0.29) is 40.4 Å². The average molecular weight is 636 g/mol. The summed E-state index contributed by atoms with van der Waals surface area (Å²) in [5.74, 6) is -1.72. The molecule has 2 aromatic carbocycles. The van der Waals surface area contributed by atoms with Crippen molar-refractivity contribution in [2.24, 2.45) is 0 Å². The van der Waals surface area contributed by atoms with Gasteiger partial charge in [-0.3, -0.25) is 24.0 Å². The van der Waals surface area contributed by atoms with E-state index in [1.807, 2.05) is 36.2 Å². The molecule has 45 heavy (non-hydrogen) atoms. The number of hydrogen-bond donors (Lipinski definition) is 0. The van der Waals surface area contributed by atoms with Gasteiger partial charge in [-0.05, 0) is 35.9 Å². The monoisotopic (exact) mass is 635 g/mol. The molecule has 3 aromatic heterocycles. The zero-order valence-electron chi connectivity index (χ0n) is 25.0. The van der Waals surface area contributed by atoms with Gasteiger partial charge in [-0.15, -0.1) is 11.3 Å². The fourth-order valence-corrected chi connectivity index (χ4v) is 6.35. The molecule has 0 saturated heterocycles. The van der Waals surface area contributed by atoms with Crippen molar-refractivity contribution >= 4 is 27.3 Å². The maximum atomic E-state index is 14.9. The molecule has 0 aliphatic heterocycles. The fourth-order valence-electron chi connectivity index (χ4n) is 5.05. The number of rotatable bonds is 13. The summed E-state index contributed by atoms with van der Waals surface area (Å²) in [6, 6.07) is 10.8. The second-order valence-electron chi connectivity index (χ2n) is 10.4. The van der Waals surface area contributed by atoms with Gasteiger partial charge in [0.25, 0.3) is 5.56 Å². The van der Waals surface area contributed by atoms with Crippen molar-refractivity contribution < 1.29 is 23.0 Å². The van der Waals surface area contributed by atoms with Crippen LogP contribution >= 0.6 is 11.3 Å². The number of carbonyl (C=O) groups is 1. The molecule has 5 rings (SSSR count). The van der Waals surface area contributed by atoms with Gasteiger partial charge in [0.05, 0.1) is 24.7 Å². The average Bonchev–Trinajstić information content (AvgIpc) is 3.39. The number of ketones is 1. The summed E-state index contributed by atoms with van der Waals surface area (Å²) in [6.07, 6.45) is 4.24. The number of benzene rings is 2. The third kappa shape index (κ3) is 6.81. The van der Waals surface area contributed by atoms with Crippen LogP contribution in [0.15, 0.2) is 70.6 Å². The highest BCUT2D eigenvalue weighted by Crippen LogP contribution is 2.38. The third-order valence-corrected chi connectivity index (χ3v) is 8.56. The number of aromatic nitrogens is 4. The molecular weight excluding hydrogens is 604 g/mol. The summed E-state index contributed by atoms with van der Waals surface area (Å²) in [5, 5.41) is 0.223. The van der Waals surface area contributed by atoms with E-state index in [2.05, 4.69) is 9.97 Å². The van der Waals surface area contributed by atoms with Crippen LogP contribution < -0.4 is 11.2 Å². The molecule has 234 valence electrons. The largest absolute Gasteiger partial charge is 0.383 e. The molecule has 0 radical (unpaired) electrons. The number of fused-ring (bicyclic) bond motifs is 1. The fraction of sp³-hybridized carbons (Fsp3) is 0.281. The Balaban J connectivity index is 1.78. The van der Waals surface area contributed by atoms with E-state index in [0.717, 1.165) is 27.8 Å². The first-order valence-corrected chi connectivity index (χ1v) is 14.8. The second kappa shape index (κ2) is 14.1. The van der Waals surface area contributed by atoms with Crippen LogP contribution in [0.4, 0.5) is 8.78 Å². The minimum atomic E-state index is -0.817. The molecule has 0 atom stereocenters. The van der Waals surface area contributed by atoms with Crippen LogP contribution in [-0.2, 0) is 33.8 Å². The number of ether oxygens (including phenoxy) is 2. The highest BCUT2D eigenvalue weighted by molar-refractivity contribution is 7.22. The molecule has 0 saturated carbocycles. The summed E-state index contributed by atoms with van der Waals surface area (Å²) in [7, 11) is 4.94. The van der Waals surface area contributed by atoms with E-state index < -0.39 is 29.4 Å². The summed E-state index contributed by atoms with van der Waals surface area (Å²) >= 11 is 1.18. The smallest absolute Gasteiger partial charge is 0.338 e. The van der Waals surface area contributed by atoms with Crippen molar-refractivity contribution in [3.05, 3.63) is 110 Å². The van der Waals surface area contributed by atoms with Crippen LogP contribution in [0.25, 0.3) is 26.5 Å². The number of Topliss-reactive ketones (excluding diaryl/α,β-unsaturated/α-hetero) is 1. The Labute approximate surface area is 261 Å². The Bertz CT molecular complexity index is 1920. The summed E-state index contributed by atoms with van der Waals surface area (Å²) < 4.78 is 42.1. The Kier molecular flexibility index (Phi) is 10.0. The SMILES string of the molecule is COCCN(C)Cc1c(-c2ccc(CC(=O)COC)cc2)sc2c1c(=O)n(-c1cnccn1)c(=O)n2Cc1c(F)cccc1F. The maximum Gasteiger partial charge on any atom is 0.338 e. The Hall–Kier alpha value is -4.43. The zero-order valence-corrected chi connectivity index (χ0v) is 25.8. The predicted molar refractivity (Wildman–Crippen MR) is 167 cm³/mol. The number of methoxy groups -OCH3 is 2. The third-order valence-electron chi connectivity index (χ3n) is 7.26. The lowest BCUT2D eigenvalue weighted by atomic mass is 10.0. The van der Waals surface area contributed by atoms with Crippen LogP contribution in [0.1, 0.15) is 16.7 Å². The van der Waals surface area contributed by atoms with Gasteiger partial charge in [-0.2, -0.15) is 0 Å². The van der Waals surface area contributed by atoms with E-state index in [0.29, 0.717) is 30.1 Å². The van der Waals surface area contributed by atoms with Crippen molar-refractivity contribution in [3.8, 4) is 16.3 Å².